The summed E-state index contributed by atoms with van der Waals surface area (Å²) >= 11 is 1.33. The summed E-state index contributed by atoms with van der Waals surface area (Å²) < 4.78 is 7.45. The monoisotopic (exact) mass is 457 g/mol. The number of amides is 3. The number of hydrogen-bond donors (Lipinski definition) is 2. The highest BCUT2D eigenvalue weighted by Gasteiger charge is 2.25. The molecule has 2 saturated carbocycles. The smallest absolute Gasteiger partial charge is 0.321 e. The Morgan fingerprint density at radius 3 is 2.41 bits per heavy atom. The molecule has 2 N–H and O–H groups in total. The molecule has 2 aliphatic rings. The summed E-state index contributed by atoms with van der Waals surface area (Å²) in [5.74, 6) is 1.39. The molecule has 0 saturated heterocycles. The average molecular weight is 458 g/mol. The second-order valence-electron chi connectivity index (χ2n) is 8.49. The first-order valence-electron chi connectivity index (χ1n) is 11.5. The molecule has 0 aliphatic heterocycles. The molecule has 2 fully saturated rings. The molecule has 0 bridgehead atoms. The first-order valence-corrected chi connectivity index (χ1v) is 12.4. The van der Waals surface area contributed by atoms with Gasteiger partial charge in [-0.2, -0.15) is 0 Å². The molecule has 172 valence electrons. The van der Waals surface area contributed by atoms with E-state index in [4.69, 9.17) is 4.74 Å². The fourth-order valence-electron chi connectivity index (χ4n) is 4.57. The Bertz CT molecular complexity index is 918. The van der Waals surface area contributed by atoms with Gasteiger partial charge in [0.2, 0.25) is 5.91 Å². The number of ether oxygens (including phenoxy) is 1. The predicted molar refractivity (Wildman–Crippen MR) is 124 cm³/mol. The quantitative estimate of drug-likeness (QED) is 0.601. The van der Waals surface area contributed by atoms with E-state index in [0.717, 1.165) is 55.7 Å². The number of urea groups is 1. The number of hydrogen-bond acceptors (Lipinski definition) is 6. The number of rotatable bonds is 7. The molecular weight excluding hydrogens is 426 g/mol. The van der Waals surface area contributed by atoms with Crippen molar-refractivity contribution in [1.29, 1.82) is 0 Å². The first-order chi connectivity index (χ1) is 15.6. The summed E-state index contributed by atoms with van der Waals surface area (Å²) in [6.07, 6.45) is 9.97. The number of benzene rings is 1. The molecule has 8 nitrogen and oxygen atoms in total. The van der Waals surface area contributed by atoms with E-state index in [1.807, 2.05) is 24.3 Å². The summed E-state index contributed by atoms with van der Waals surface area (Å²) in [6, 6.07) is 7.88. The van der Waals surface area contributed by atoms with Crippen molar-refractivity contribution in [3.05, 3.63) is 24.3 Å². The highest BCUT2D eigenvalue weighted by atomic mass is 32.2. The van der Waals surface area contributed by atoms with Crippen molar-refractivity contribution in [2.75, 3.05) is 12.9 Å². The lowest BCUT2D eigenvalue weighted by atomic mass is 9.95. The Balaban J connectivity index is 1.44. The lowest BCUT2D eigenvalue weighted by Crippen LogP contribution is -2.44. The maximum Gasteiger partial charge on any atom is 0.321 e. The van der Waals surface area contributed by atoms with Crippen molar-refractivity contribution in [2.45, 2.75) is 75.0 Å². The van der Waals surface area contributed by atoms with Gasteiger partial charge in [-0.05, 0) is 49.9 Å². The van der Waals surface area contributed by atoms with Gasteiger partial charge in [0.25, 0.3) is 0 Å². The summed E-state index contributed by atoms with van der Waals surface area (Å²) in [5.41, 5.74) is 0.969. The zero-order valence-electron chi connectivity index (χ0n) is 18.5. The molecule has 4 rings (SSSR count). The normalized spacial score (nSPS) is 17.3. The van der Waals surface area contributed by atoms with Crippen LogP contribution in [0.2, 0.25) is 0 Å². The van der Waals surface area contributed by atoms with E-state index in [1.54, 1.807) is 7.11 Å². The molecule has 1 aromatic heterocycles. The van der Waals surface area contributed by atoms with Crippen LogP contribution in [0.15, 0.2) is 29.4 Å². The van der Waals surface area contributed by atoms with Crippen LogP contribution < -0.4 is 15.4 Å². The fourth-order valence-corrected chi connectivity index (χ4v) is 5.37. The summed E-state index contributed by atoms with van der Waals surface area (Å²) in [7, 11) is 1.65. The summed E-state index contributed by atoms with van der Waals surface area (Å²) in [4.78, 5) is 24.5. The lowest BCUT2D eigenvalue weighted by Gasteiger charge is -2.25. The standard InChI is InChI=1S/C23H31N5O3S/c1-31-19-13-11-16(12-14-19)21-26-27-23(28(21)18-9-3-2-4-10-18)32-15-20(29)25-22(30)24-17-7-5-6-8-17/h11-14,17-18H,2-10,15H2,1H3,(H2,24,25,29,30). The van der Waals surface area contributed by atoms with E-state index >= 15 is 0 Å². The van der Waals surface area contributed by atoms with Crippen molar-refractivity contribution in [3.8, 4) is 17.1 Å². The molecule has 1 aromatic carbocycles. The van der Waals surface area contributed by atoms with Crippen LogP contribution in [-0.4, -0.2) is 45.6 Å². The van der Waals surface area contributed by atoms with E-state index in [0.29, 0.717) is 11.2 Å². The highest BCUT2D eigenvalue weighted by Crippen LogP contribution is 2.35. The molecule has 3 amide bonds. The minimum absolute atomic E-state index is 0.117. The maximum atomic E-state index is 12.4. The van der Waals surface area contributed by atoms with Crippen LogP contribution in [0.3, 0.4) is 0 Å². The number of thioether (sulfide) groups is 1. The summed E-state index contributed by atoms with van der Waals surface area (Å²) in [5, 5.41) is 14.9. The second-order valence-corrected chi connectivity index (χ2v) is 9.43. The van der Waals surface area contributed by atoms with Crippen LogP contribution in [0.5, 0.6) is 5.75 Å². The predicted octanol–water partition coefficient (Wildman–Crippen LogP) is 4.32. The number of nitrogens with zero attached hydrogens (tertiary/aromatic N) is 3. The van der Waals surface area contributed by atoms with Gasteiger partial charge in [-0.25, -0.2) is 4.79 Å². The van der Waals surface area contributed by atoms with E-state index in [1.165, 1.54) is 31.0 Å². The molecule has 32 heavy (non-hydrogen) atoms. The molecule has 9 heteroatoms. The van der Waals surface area contributed by atoms with Gasteiger partial charge >= 0.3 is 6.03 Å². The van der Waals surface area contributed by atoms with Crippen molar-refractivity contribution >= 4 is 23.7 Å². The molecule has 1 heterocycles. The Morgan fingerprint density at radius 1 is 1.03 bits per heavy atom. The number of nitrogens with one attached hydrogen (secondary N) is 2. The van der Waals surface area contributed by atoms with Gasteiger partial charge in [0.05, 0.1) is 12.9 Å². The maximum absolute atomic E-state index is 12.4. The van der Waals surface area contributed by atoms with Crippen molar-refractivity contribution in [3.63, 3.8) is 0 Å². The molecule has 0 radical (unpaired) electrons. The van der Waals surface area contributed by atoms with Gasteiger partial charge in [0, 0.05) is 17.6 Å². The molecule has 2 aliphatic carbocycles. The topological polar surface area (TPSA) is 98.1 Å². The number of carbonyl (C=O) groups excluding carboxylic acids is 2. The van der Waals surface area contributed by atoms with Crippen LogP contribution in [-0.2, 0) is 4.79 Å². The molecule has 2 aromatic rings. The number of carbonyl (C=O) groups is 2. The van der Waals surface area contributed by atoms with Crippen molar-refractivity contribution in [1.82, 2.24) is 25.4 Å². The van der Waals surface area contributed by atoms with Crippen LogP contribution in [0, 0.1) is 0 Å². The van der Waals surface area contributed by atoms with Gasteiger partial charge in [0.1, 0.15) is 5.75 Å². The van der Waals surface area contributed by atoms with Gasteiger partial charge in [-0.3, -0.25) is 14.7 Å². The third-order valence-corrected chi connectivity index (χ3v) is 7.17. The summed E-state index contributed by atoms with van der Waals surface area (Å²) in [6.45, 7) is 0. The van der Waals surface area contributed by atoms with Crippen LogP contribution in [0.4, 0.5) is 4.79 Å². The zero-order chi connectivity index (χ0) is 22.3. The van der Waals surface area contributed by atoms with E-state index < -0.39 is 6.03 Å². The molecule has 0 spiro atoms. The van der Waals surface area contributed by atoms with Crippen molar-refractivity contribution in [2.24, 2.45) is 0 Å². The minimum Gasteiger partial charge on any atom is -0.497 e. The van der Waals surface area contributed by atoms with E-state index in [9.17, 15) is 9.59 Å². The first kappa shape index (κ1) is 22.6. The minimum atomic E-state index is -0.407. The third-order valence-electron chi connectivity index (χ3n) is 6.23. The Kier molecular flexibility index (Phi) is 7.68. The van der Waals surface area contributed by atoms with E-state index in [-0.39, 0.29) is 17.7 Å². The van der Waals surface area contributed by atoms with Gasteiger partial charge in [-0.1, -0.05) is 43.9 Å². The number of methoxy groups -OCH3 is 1. The Labute approximate surface area is 192 Å². The SMILES string of the molecule is COc1ccc(-c2nnc(SCC(=O)NC(=O)NC3CCCC3)n2C2CCCCC2)cc1. The molecule has 0 atom stereocenters. The zero-order valence-corrected chi connectivity index (χ0v) is 19.3. The Hall–Kier alpha value is -2.55. The van der Waals surface area contributed by atoms with Crippen LogP contribution in [0.25, 0.3) is 11.4 Å². The lowest BCUT2D eigenvalue weighted by molar-refractivity contribution is -0.117. The average Bonchev–Trinajstić information content (AvgIpc) is 3.48. The molecular formula is C23H31N5O3S. The van der Waals surface area contributed by atoms with Crippen LogP contribution in [0.1, 0.15) is 63.8 Å². The molecule has 0 unspecified atom stereocenters. The van der Waals surface area contributed by atoms with Crippen LogP contribution >= 0.6 is 11.8 Å². The van der Waals surface area contributed by atoms with E-state index in [2.05, 4.69) is 25.4 Å². The third kappa shape index (κ3) is 5.62. The Morgan fingerprint density at radius 2 is 1.72 bits per heavy atom. The van der Waals surface area contributed by atoms with Gasteiger partial charge < -0.3 is 10.1 Å². The van der Waals surface area contributed by atoms with Gasteiger partial charge in [-0.15, -0.1) is 10.2 Å². The highest BCUT2D eigenvalue weighted by molar-refractivity contribution is 7.99. The second kappa shape index (κ2) is 10.8. The number of aromatic nitrogens is 3. The van der Waals surface area contributed by atoms with Gasteiger partial charge in [0.15, 0.2) is 11.0 Å². The largest absolute Gasteiger partial charge is 0.497 e. The fraction of sp³-hybridized carbons (Fsp3) is 0.565. The number of imide groups is 1. The van der Waals surface area contributed by atoms with Crippen molar-refractivity contribution < 1.29 is 14.3 Å².